The number of hydrogen-bond acceptors (Lipinski definition) is 1. The molecule has 2 aromatic rings. The molecule has 1 amide bonds. The van der Waals surface area contributed by atoms with Gasteiger partial charge in [-0.1, -0.05) is 53.6 Å². The minimum Gasteiger partial charge on any atom is -0.364 e. The van der Waals surface area contributed by atoms with Crippen LogP contribution in [0.25, 0.3) is 6.08 Å². The van der Waals surface area contributed by atoms with Gasteiger partial charge in [0.15, 0.2) is 0 Å². The van der Waals surface area contributed by atoms with Gasteiger partial charge in [0.25, 0.3) is 5.91 Å². The van der Waals surface area contributed by atoms with E-state index >= 15 is 0 Å². The number of halogens is 1. The summed E-state index contributed by atoms with van der Waals surface area (Å²) in [7, 11) is 0. The van der Waals surface area contributed by atoms with Crippen LogP contribution >= 0.6 is 11.6 Å². The lowest BCUT2D eigenvalue weighted by atomic mass is 10.2. The summed E-state index contributed by atoms with van der Waals surface area (Å²) >= 11 is 5.61. The van der Waals surface area contributed by atoms with Crippen molar-refractivity contribution in [1.29, 1.82) is 0 Å². The summed E-state index contributed by atoms with van der Waals surface area (Å²) in [5, 5.41) is 0.801. The van der Waals surface area contributed by atoms with Crippen molar-refractivity contribution in [2.45, 2.75) is 13.3 Å². The van der Waals surface area contributed by atoms with E-state index < -0.39 is 5.91 Å². The fourth-order valence-electron chi connectivity index (χ4n) is 1.92. The van der Waals surface area contributed by atoms with Crippen LogP contribution in [-0.4, -0.2) is 10.9 Å². The normalized spacial score (nSPS) is 12.1. The van der Waals surface area contributed by atoms with Crippen LogP contribution in [0.15, 0.2) is 48.6 Å². The molecule has 3 N–H and O–H groups in total. The smallest absolute Gasteiger partial charge is 0.265 e. The van der Waals surface area contributed by atoms with Crippen LogP contribution in [0.2, 0.25) is 5.02 Å². The number of carbonyl (C=O) groups is 1. The first-order valence-electron chi connectivity index (χ1n) is 6.63. The average molecular weight is 301 g/mol. The second-order valence-corrected chi connectivity index (χ2v) is 5.20. The molecular formula is C17H17ClN2O. The van der Waals surface area contributed by atoms with E-state index in [1.165, 1.54) is 5.56 Å². The maximum absolute atomic E-state index is 10.9. The van der Waals surface area contributed by atoms with Gasteiger partial charge in [-0.05, 0) is 30.7 Å². The number of allylic oxidation sites excluding steroid dienone is 3. The molecule has 21 heavy (non-hydrogen) atoms. The SMILES string of the molecule is Cc1ccc(Cl)cc1.NC(=O)c1cc2c([nH]1)CC=CC=C2. The molecular weight excluding hydrogens is 284 g/mol. The zero-order valence-corrected chi connectivity index (χ0v) is 12.5. The van der Waals surface area contributed by atoms with Crippen LogP contribution in [0.5, 0.6) is 0 Å². The number of H-pyrrole nitrogens is 1. The van der Waals surface area contributed by atoms with Crippen LogP contribution in [-0.2, 0) is 6.42 Å². The van der Waals surface area contributed by atoms with Crippen LogP contribution in [0.4, 0.5) is 0 Å². The highest BCUT2D eigenvalue weighted by Crippen LogP contribution is 2.16. The van der Waals surface area contributed by atoms with Crippen LogP contribution < -0.4 is 5.73 Å². The Morgan fingerprint density at radius 1 is 1.24 bits per heavy atom. The molecule has 0 unspecified atom stereocenters. The number of primary amides is 1. The van der Waals surface area contributed by atoms with Crippen molar-refractivity contribution in [3.8, 4) is 0 Å². The summed E-state index contributed by atoms with van der Waals surface area (Å²) in [6.45, 7) is 2.04. The molecule has 0 saturated heterocycles. The van der Waals surface area contributed by atoms with Crippen molar-refractivity contribution in [1.82, 2.24) is 4.98 Å². The van der Waals surface area contributed by atoms with Gasteiger partial charge in [0.2, 0.25) is 0 Å². The minimum atomic E-state index is -0.412. The van der Waals surface area contributed by atoms with Crippen molar-refractivity contribution in [3.05, 3.63) is 76.1 Å². The largest absolute Gasteiger partial charge is 0.364 e. The van der Waals surface area contributed by atoms with E-state index in [-0.39, 0.29) is 0 Å². The van der Waals surface area contributed by atoms with Gasteiger partial charge in [-0.3, -0.25) is 4.79 Å². The summed E-state index contributed by atoms with van der Waals surface area (Å²) in [6.07, 6.45) is 8.74. The number of nitrogens with one attached hydrogen (secondary N) is 1. The number of aryl methyl sites for hydroxylation is 1. The number of nitrogens with two attached hydrogens (primary N) is 1. The summed E-state index contributed by atoms with van der Waals surface area (Å²) in [4.78, 5) is 13.8. The highest BCUT2D eigenvalue weighted by Gasteiger charge is 2.08. The van der Waals surface area contributed by atoms with E-state index in [0.717, 1.165) is 22.7 Å². The van der Waals surface area contributed by atoms with Crippen molar-refractivity contribution in [3.63, 3.8) is 0 Å². The Bertz CT molecular complexity index is 660. The number of amides is 1. The predicted octanol–water partition coefficient (Wildman–Crippen LogP) is 3.89. The van der Waals surface area contributed by atoms with Gasteiger partial charge in [0, 0.05) is 17.1 Å². The molecule has 0 spiro atoms. The quantitative estimate of drug-likeness (QED) is 0.825. The molecule has 4 heteroatoms. The Hall–Kier alpha value is -2.26. The first kappa shape index (κ1) is 15.1. The van der Waals surface area contributed by atoms with Crippen molar-refractivity contribution >= 4 is 23.6 Å². The van der Waals surface area contributed by atoms with E-state index in [2.05, 4.69) is 4.98 Å². The van der Waals surface area contributed by atoms with Gasteiger partial charge in [-0.2, -0.15) is 0 Å². The van der Waals surface area contributed by atoms with Gasteiger partial charge in [-0.25, -0.2) is 0 Å². The van der Waals surface area contributed by atoms with Crippen molar-refractivity contribution in [2.24, 2.45) is 5.73 Å². The Morgan fingerprint density at radius 2 is 1.95 bits per heavy atom. The molecule has 0 fully saturated rings. The number of fused-ring (bicyclic) bond motifs is 1. The molecule has 1 heterocycles. The molecule has 1 aliphatic rings. The second kappa shape index (κ2) is 6.95. The number of hydrogen-bond donors (Lipinski definition) is 2. The maximum atomic E-state index is 10.9. The lowest BCUT2D eigenvalue weighted by molar-refractivity contribution is 0.0996. The summed E-state index contributed by atoms with van der Waals surface area (Å²) in [5.74, 6) is -0.412. The first-order chi connectivity index (χ1) is 10.1. The molecule has 1 aliphatic carbocycles. The molecule has 1 aromatic carbocycles. The van der Waals surface area contributed by atoms with Gasteiger partial charge in [0.1, 0.15) is 5.69 Å². The highest BCUT2D eigenvalue weighted by molar-refractivity contribution is 6.30. The second-order valence-electron chi connectivity index (χ2n) is 4.77. The average Bonchev–Trinajstić information content (AvgIpc) is 2.75. The summed E-state index contributed by atoms with van der Waals surface area (Å²) < 4.78 is 0. The van der Waals surface area contributed by atoms with Crippen molar-refractivity contribution in [2.75, 3.05) is 0 Å². The Kier molecular flexibility index (Phi) is 5.01. The monoisotopic (exact) mass is 300 g/mol. The minimum absolute atomic E-state index is 0.412. The number of carbonyl (C=O) groups excluding carboxylic acids is 1. The lowest BCUT2D eigenvalue weighted by Crippen LogP contribution is -2.11. The number of aromatic nitrogens is 1. The summed E-state index contributed by atoms with van der Waals surface area (Å²) in [5.41, 5.74) is 8.96. The molecule has 108 valence electrons. The Labute approximate surface area is 129 Å². The van der Waals surface area contributed by atoms with Gasteiger partial charge >= 0.3 is 0 Å². The summed E-state index contributed by atoms with van der Waals surface area (Å²) in [6, 6.07) is 9.53. The zero-order valence-electron chi connectivity index (χ0n) is 11.8. The molecule has 0 atom stereocenters. The Morgan fingerprint density at radius 3 is 2.57 bits per heavy atom. The molecule has 3 nitrogen and oxygen atoms in total. The van der Waals surface area contributed by atoms with Gasteiger partial charge < -0.3 is 10.7 Å². The van der Waals surface area contributed by atoms with E-state index in [0.29, 0.717) is 5.69 Å². The van der Waals surface area contributed by atoms with Gasteiger partial charge in [-0.15, -0.1) is 0 Å². The number of benzene rings is 1. The molecule has 0 radical (unpaired) electrons. The van der Waals surface area contributed by atoms with E-state index in [1.54, 1.807) is 6.07 Å². The molecule has 0 bridgehead atoms. The van der Waals surface area contributed by atoms with Crippen LogP contribution in [0.3, 0.4) is 0 Å². The third-order valence-corrected chi connectivity index (χ3v) is 3.31. The molecule has 0 aliphatic heterocycles. The van der Waals surface area contributed by atoms with Crippen LogP contribution in [0.1, 0.15) is 27.3 Å². The fourth-order valence-corrected chi connectivity index (χ4v) is 2.05. The van der Waals surface area contributed by atoms with Crippen molar-refractivity contribution < 1.29 is 4.79 Å². The molecule has 1 aromatic heterocycles. The van der Waals surface area contributed by atoms with E-state index in [4.69, 9.17) is 17.3 Å². The number of rotatable bonds is 1. The predicted molar refractivity (Wildman–Crippen MR) is 87.4 cm³/mol. The van der Waals surface area contributed by atoms with Crippen LogP contribution in [0, 0.1) is 6.92 Å². The molecule has 0 saturated carbocycles. The first-order valence-corrected chi connectivity index (χ1v) is 7.01. The van der Waals surface area contributed by atoms with E-state index in [1.807, 2.05) is 55.5 Å². The van der Waals surface area contributed by atoms with E-state index in [9.17, 15) is 4.79 Å². The lowest BCUT2D eigenvalue weighted by Gasteiger charge is -1.91. The maximum Gasteiger partial charge on any atom is 0.265 e. The van der Waals surface area contributed by atoms with Gasteiger partial charge in [0.05, 0.1) is 0 Å². The third kappa shape index (κ3) is 4.36. The number of aromatic amines is 1. The highest BCUT2D eigenvalue weighted by atomic mass is 35.5. The topological polar surface area (TPSA) is 58.9 Å². The zero-order chi connectivity index (χ0) is 15.2. The molecule has 3 rings (SSSR count). The Balaban J connectivity index is 0.000000173. The third-order valence-electron chi connectivity index (χ3n) is 3.06. The standard InChI is InChI=1S/C10H10N2O.C7H7Cl/c11-10(13)9-6-7-4-2-1-3-5-8(7)12-9;1-6-2-4-7(8)5-3-6/h1-4,6,12H,5H2,(H2,11,13);2-5H,1H3. The fraction of sp³-hybridized carbons (Fsp3) is 0.118.